The van der Waals surface area contributed by atoms with Gasteiger partial charge in [0, 0.05) is 62.3 Å². The largest absolute Gasteiger partial charge is 0.444 e. The Hall–Kier alpha value is -3.33. The number of carbonyl (C=O) groups is 2. The number of pyridine rings is 1. The monoisotopic (exact) mass is 549 g/mol. The zero-order valence-electron chi connectivity index (χ0n) is 24.5. The van der Waals surface area contributed by atoms with Gasteiger partial charge in [0.15, 0.2) is 0 Å². The fraction of sp³-hybridized carbons (Fsp3) is 0.581. The molecule has 2 saturated heterocycles. The Morgan fingerprint density at radius 1 is 1.05 bits per heavy atom. The average Bonchev–Trinajstić information content (AvgIpc) is 3.49. The SMILES string of the molecule is Cc1cc(C)c(CNC(=O)[C@@H]2[C@H]3CC[C@H](C3)N2Cc2ccc(N3CCN(C(=O)OC(C)(C)C)CC3)cc2)c(=O)[nH]1. The maximum Gasteiger partial charge on any atom is 0.410 e. The number of carbonyl (C=O) groups excluding carboxylic acids is 2. The van der Waals surface area contributed by atoms with E-state index in [0.29, 0.717) is 30.6 Å². The third-order valence-corrected chi connectivity index (χ3v) is 8.52. The number of rotatable bonds is 6. The first-order valence-electron chi connectivity index (χ1n) is 14.5. The van der Waals surface area contributed by atoms with Crippen molar-refractivity contribution in [3.63, 3.8) is 0 Å². The number of aryl methyl sites for hydroxylation is 2. The first-order valence-corrected chi connectivity index (χ1v) is 14.5. The normalized spacial score (nSPS) is 23.0. The molecule has 1 aromatic heterocycles. The molecule has 0 radical (unpaired) electrons. The Kier molecular flexibility index (Phi) is 7.95. The van der Waals surface area contributed by atoms with Gasteiger partial charge in [-0.1, -0.05) is 12.1 Å². The summed E-state index contributed by atoms with van der Waals surface area (Å²) in [6.07, 6.45) is 3.02. The zero-order chi connectivity index (χ0) is 28.6. The minimum atomic E-state index is -0.488. The number of ether oxygens (including phenoxy) is 1. The first kappa shape index (κ1) is 28.2. The highest BCUT2D eigenvalue weighted by Crippen LogP contribution is 2.43. The van der Waals surface area contributed by atoms with Crippen LogP contribution in [0.5, 0.6) is 0 Å². The number of benzene rings is 1. The van der Waals surface area contributed by atoms with E-state index in [0.717, 1.165) is 55.8 Å². The van der Waals surface area contributed by atoms with Crippen molar-refractivity contribution < 1.29 is 14.3 Å². The number of H-pyrrole nitrogens is 1. The van der Waals surface area contributed by atoms with Gasteiger partial charge in [0.1, 0.15) is 5.60 Å². The highest BCUT2D eigenvalue weighted by molar-refractivity contribution is 5.82. The number of amides is 2. The molecule has 2 aliphatic heterocycles. The van der Waals surface area contributed by atoms with Crippen LogP contribution < -0.4 is 15.8 Å². The molecule has 2 amide bonds. The molecule has 3 heterocycles. The number of aromatic amines is 1. The highest BCUT2D eigenvalue weighted by atomic mass is 16.6. The molecule has 3 atom stereocenters. The molecule has 2 aromatic rings. The molecule has 40 heavy (non-hydrogen) atoms. The number of hydrogen-bond acceptors (Lipinski definition) is 6. The lowest BCUT2D eigenvalue weighted by Crippen LogP contribution is -2.50. The summed E-state index contributed by atoms with van der Waals surface area (Å²) in [7, 11) is 0. The van der Waals surface area contributed by atoms with E-state index in [1.54, 1.807) is 4.90 Å². The predicted octanol–water partition coefficient (Wildman–Crippen LogP) is 3.72. The predicted molar refractivity (Wildman–Crippen MR) is 155 cm³/mol. The van der Waals surface area contributed by atoms with Gasteiger partial charge in [-0.15, -0.1) is 0 Å². The first-order chi connectivity index (χ1) is 19.0. The molecular weight excluding hydrogens is 506 g/mol. The van der Waals surface area contributed by atoms with Gasteiger partial charge < -0.3 is 24.8 Å². The van der Waals surface area contributed by atoms with Gasteiger partial charge in [0.05, 0.1) is 6.04 Å². The Labute approximate surface area is 236 Å². The molecule has 1 aliphatic carbocycles. The maximum atomic E-state index is 13.4. The summed E-state index contributed by atoms with van der Waals surface area (Å²) in [5.74, 6) is 0.383. The molecule has 0 unspecified atom stereocenters. The summed E-state index contributed by atoms with van der Waals surface area (Å²) < 4.78 is 5.52. The molecule has 2 N–H and O–H groups in total. The number of piperazine rings is 1. The van der Waals surface area contributed by atoms with Crippen LogP contribution >= 0.6 is 0 Å². The minimum absolute atomic E-state index is 0.0195. The number of nitrogens with one attached hydrogen (secondary N) is 2. The second-order valence-corrected chi connectivity index (χ2v) is 12.6. The zero-order valence-corrected chi connectivity index (χ0v) is 24.5. The Balaban J connectivity index is 1.18. The van der Waals surface area contributed by atoms with Crippen LogP contribution in [0.3, 0.4) is 0 Å². The van der Waals surface area contributed by atoms with Crippen LogP contribution in [-0.2, 0) is 22.6 Å². The number of nitrogens with zero attached hydrogens (tertiary/aromatic N) is 3. The summed E-state index contributed by atoms with van der Waals surface area (Å²) in [5.41, 5.74) is 4.06. The van der Waals surface area contributed by atoms with Gasteiger partial charge in [0.2, 0.25) is 5.91 Å². The van der Waals surface area contributed by atoms with Crippen LogP contribution in [0.1, 0.15) is 62.4 Å². The van der Waals surface area contributed by atoms with E-state index < -0.39 is 5.60 Å². The topological polar surface area (TPSA) is 98.0 Å². The van der Waals surface area contributed by atoms with Crippen molar-refractivity contribution in [3.05, 3.63) is 63.1 Å². The number of piperidine rings is 1. The molecule has 5 rings (SSSR count). The standard InChI is InChI=1S/C31H43N5O4/c1-20-16-21(2)33-28(37)26(20)18-32-29(38)27-23-8-11-25(17-23)36(27)19-22-6-9-24(10-7-22)34-12-14-35(15-13-34)30(39)40-31(3,4)5/h6-7,9-10,16,23,25,27H,8,11-15,17-19H2,1-5H3,(H,32,38)(H,33,37)/t23-,25+,27-/m0/s1. The van der Waals surface area contributed by atoms with E-state index in [9.17, 15) is 14.4 Å². The quantitative estimate of drug-likeness (QED) is 0.570. The van der Waals surface area contributed by atoms with Crippen LogP contribution in [0.25, 0.3) is 0 Å². The molecule has 1 aromatic carbocycles. The second-order valence-electron chi connectivity index (χ2n) is 12.6. The van der Waals surface area contributed by atoms with Crippen LogP contribution in [0, 0.1) is 19.8 Å². The van der Waals surface area contributed by atoms with E-state index in [1.165, 1.54) is 5.56 Å². The Morgan fingerprint density at radius 3 is 2.40 bits per heavy atom. The molecular formula is C31H43N5O4. The summed E-state index contributed by atoms with van der Waals surface area (Å²) in [6, 6.07) is 10.8. The van der Waals surface area contributed by atoms with Crippen molar-refractivity contribution in [3.8, 4) is 0 Å². The smallest absolute Gasteiger partial charge is 0.410 e. The fourth-order valence-corrected chi connectivity index (χ4v) is 6.55. The summed E-state index contributed by atoms with van der Waals surface area (Å²) in [5, 5.41) is 3.07. The number of anilines is 1. The van der Waals surface area contributed by atoms with Gasteiger partial charge in [-0.05, 0) is 89.1 Å². The van der Waals surface area contributed by atoms with E-state index in [4.69, 9.17) is 4.74 Å². The van der Waals surface area contributed by atoms with E-state index in [-0.39, 0.29) is 30.1 Å². The molecule has 3 aliphatic rings. The van der Waals surface area contributed by atoms with Crippen LogP contribution in [0.15, 0.2) is 35.1 Å². The lowest BCUT2D eigenvalue weighted by Gasteiger charge is -2.37. The molecule has 2 bridgehead atoms. The van der Waals surface area contributed by atoms with Crippen LogP contribution in [-0.4, -0.2) is 70.6 Å². The summed E-state index contributed by atoms with van der Waals surface area (Å²) >= 11 is 0. The van der Waals surface area contributed by atoms with E-state index in [2.05, 4.69) is 44.4 Å². The van der Waals surface area contributed by atoms with Crippen molar-refractivity contribution in [2.45, 2.75) is 84.7 Å². The Morgan fingerprint density at radius 2 is 1.75 bits per heavy atom. The van der Waals surface area contributed by atoms with Gasteiger partial charge >= 0.3 is 6.09 Å². The van der Waals surface area contributed by atoms with Crippen LogP contribution in [0.2, 0.25) is 0 Å². The number of likely N-dealkylation sites (tertiary alicyclic amines) is 1. The summed E-state index contributed by atoms with van der Waals surface area (Å²) in [6.45, 7) is 13.2. The number of aromatic nitrogens is 1. The fourth-order valence-electron chi connectivity index (χ4n) is 6.55. The van der Waals surface area contributed by atoms with Gasteiger partial charge in [-0.2, -0.15) is 0 Å². The van der Waals surface area contributed by atoms with Gasteiger partial charge in [-0.25, -0.2) is 4.79 Å². The van der Waals surface area contributed by atoms with Gasteiger partial charge in [-0.3, -0.25) is 14.5 Å². The Bertz CT molecular complexity index is 1290. The minimum Gasteiger partial charge on any atom is -0.444 e. The lowest BCUT2D eigenvalue weighted by atomic mass is 9.97. The van der Waals surface area contributed by atoms with Crippen molar-refractivity contribution in [1.29, 1.82) is 0 Å². The van der Waals surface area contributed by atoms with Crippen molar-refractivity contribution in [1.82, 2.24) is 20.1 Å². The number of hydrogen-bond donors (Lipinski definition) is 2. The molecule has 0 spiro atoms. The average molecular weight is 550 g/mol. The molecule has 9 heteroatoms. The molecule has 1 saturated carbocycles. The molecule has 3 fully saturated rings. The maximum absolute atomic E-state index is 13.4. The van der Waals surface area contributed by atoms with Crippen molar-refractivity contribution in [2.75, 3.05) is 31.1 Å². The third kappa shape index (κ3) is 6.19. The van der Waals surface area contributed by atoms with Crippen molar-refractivity contribution >= 4 is 17.7 Å². The lowest BCUT2D eigenvalue weighted by molar-refractivity contribution is -0.128. The third-order valence-electron chi connectivity index (χ3n) is 8.52. The van der Waals surface area contributed by atoms with Gasteiger partial charge in [0.25, 0.3) is 5.56 Å². The second kappa shape index (κ2) is 11.3. The molecule has 216 valence electrons. The van der Waals surface area contributed by atoms with Crippen molar-refractivity contribution in [2.24, 2.45) is 5.92 Å². The van der Waals surface area contributed by atoms with E-state index in [1.807, 2.05) is 40.7 Å². The molecule has 9 nitrogen and oxygen atoms in total. The number of fused-ring (bicyclic) bond motifs is 2. The summed E-state index contributed by atoms with van der Waals surface area (Å²) in [4.78, 5) is 47.5. The highest BCUT2D eigenvalue weighted by Gasteiger charge is 2.48. The van der Waals surface area contributed by atoms with Crippen LogP contribution in [0.4, 0.5) is 10.5 Å². The van der Waals surface area contributed by atoms with E-state index >= 15 is 0 Å².